The second kappa shape index (κ2) is 11.3. The molecule has 1 aromatic carbocycles. The zero-order chi connectivity index (χ0) is 19.6. The predicted molar refractivity (Wildman–Crippen MR) is 112 cm³/mol. The van der Waals surface area contributed by atoms with Gasteiger partial charge in [-0.25, -0.2) is 0 Å². The van der Waals surface area contributed by atoms with Gasteiger partial charge in [-0.3, -0.25) is 9.69 Å². The summed E-state index contributed by atoms with van der Waals surface area (Å²) in [5, 5.41) is 3.23. The lowest BCUT2D eigenvalue weighted by Crippen LogP contribution is -2.39. The highest BCUT2D eigenvalue weighted by atomic mass is 16.5. The van der Waals surface area contributed by atoms with Crippen molar-refractivity contribution in [3.63, 3.8) is 0 Å². The first kappa shape index (κ1) is 21.0. The maximum atomic E-state index is 12.3. The average molecular weight is 389 g/mol. The van der Waals surface area contributed by atoms with E-state index < -0.39 is 0 Å². The van der Waals surface area contributed by atoms with Crippen molar-refractivity contribution >= 4 is 5.91 Å². The number of carbonyl (C=O) groups is 1. The summed E-state index contributed by atoms with van der Waals surface area (Å²) in [4.78, 5) is 14.9. The molecule has 1 heterocycles. The Morgan fingerprint density at radius 2 is 1.79 bits per heavy atom. The highest BCUT2D eigenvalue weighted by Gasteiger charge is 2.29. The first-order valence-corrected chi connectivity index (χ1v) is 11.1. The maximum Gasteiger partial charge on any atom is 0.220 e. The largest absolute Gasteiger partial charge is 0.490 e. The van der Waals surface area contributed by atoms with Crippen LogP contribution in [-0.2, 0) is 4.79 Å². The Kier molecular flexibility index (Phi) is 8.46. The van der Waals surface area contributed by atoms with Gasteiger partial charge in [-0.1, -0.05) is 37.8 Å². The van der Waals surface area contributed by atoms with Crippen molar-refractivity contribution in [3.05, 3.63) is 24.3 Å². The van der Waals surface area contributed by atoms with Gasteiger partial charge in [-0.15, -0.1) is 0 Å². The van der Waals surface area contributed by atoms with E-state index >= 15 is 0 Å². The van der Waals surface area contributed by atoms with E-state index in [9.17, 15) is 4.79 Å². The number of hydrogen-bond acceptors (Lipinski definition) is 4. The number of benzene rings is 1. The Balaban J connectivity index is 1.33. The number of nitrogens with one attached hydrogen (secondary N) is 1. The van der Waals surface area contributed by atoms with E-state index in [0.717, 1.165) is 37.1 Å². The van der Waals surface area contributed by atoms with Crippen molar-refractivity contribution in [3.8, 4) is 11.5 Å². The lowest BCUT2D eigenvalue weighted by molar-refractivity contribution is -0.121. The molecule has 1 aromatic rings. The lowest BCUT2D eigenvalue weighted by Gasteiger charge is -2.26. The number of carbonyl (C=O) groups excluding carboxylic acids is 1. The Morgan fingerprint density at radius 1 is 1.07 bits per heavy atom. The van der Waals surface area contributed by atoms with Gasteiger partial charge in [0, 0.05) is 31.6 Å². The van der Waals surface area contributed by atoms with Crippen LogP contribution in [-0.4, -0.2) is 49.2 Å². The van der Waals surface area contributed by atoms with E-state index in [1.54, 1.807) is 0 Å². The van der Waals surface area contributed by atoms with E-state index in [0.29, 0.717) is 32.1 Å². The van der Waals surface area contributed by atoms with Crippen LogP contribution in [0.15, 0.2) is 24.3 Å². The molecule has 1 aliphatic carbocycles. The van der Waals surface area contributed by atoms with Gasteiger partial charge in [0.1, 0.15) is 0 Å². The topological polar surface area (TPSA) is 50.8 Å². The van der Waals surface area contributed by atoms with Gasteiger partial charge in [0.25, 0.3) is 0 Å². The molecule has 0 bridgehead atoms. The van der Waals surface area contributed by atoms with E-state index in [2.05, 4.69) is 10.2 Å². The number of amides is 1. The van der Waals surface area contributed by atoms with Crippen LogP contribution in [0.3, 0.4) is 0 Å². The highest BCUT2D eigenvalue weighted by molar-refractivity contribution is 5.76. The second-order valence-electron chi connectivity index (χ2n) is 8.03. The minimum atomic E-state index is 0.148. The van der Waals surface area contributed by atoms with E-state index in [1.807, 2.05) is 31.2 Å². The third-order valence-corrected chi connectivity index (χ3v) is 5.88. The summed E-state index contributed by atoms with van der Waals surface area (Å²) >= 11 is 0. The quantitative estimate of drug-likeness (QED) is 0.510. The second-order valence-corrected chi connectivity index (χ2v) is 8.03. The van der Waals surface area contributed by atoms with Crippen molar-refractivity contribution in [2.24, 2.45) is 0 Å². The molecule has 5 heteroatoms. The molecule has 1 aliphatic heterocycles. The molecule has 1 unspecified atom stereocenters. The standard InChI is InChI=1S/C23H36N2O3/c1-2-27-21-12-7-8-13-22(21)28-17-9-14-23(26)24-19-15-16-25(18-19)20-10-5-3-4-6-11-20/h7-8,12-13,19-20H,2-6,9-11,14-18H2,1H3,(H,24,26). The van der Waals surface area contributed by atoms with Crippen LogP contribution in [0.25, 0.3) is 0 Å². The molecule has 2 fully saturated rings. The summed E-state index contributed by atoms with van der Waals surface area (Å²) in [5.74, 6) is 1.66. The molecule has 3 rings (SSSR count). The molecule has 1 atom stereocenters. The van der Waals surface area contributed by atoms with Gasteiger partial charge in [0.15, 0.2) is 11.5 Å². The van der Waals surface area contributed by atoms with Crippen molar-refractivity contribution in [1.29, 1.82) is 0 Å². The van der Waals surface area contributed by atoms with E-state index in [-0.39, 0.29) is 5.91 Å². The van der Waals surface area contributed by atoms with Crippen molar-refractivity contribution in [2.45, 2.75) is 76.8 Å². The van der Waals surface area contributed by atoms with E-state index in [4.69, 9.17) is 9.47 Å². The highest BCUT2D eigenvalue weighted by Crippen LogP contribution is 2.27. The van der Waals surface area contributed by atoms with Gasteiger partial charge in [-0.2, -0.15) is 0 Å². The number of nitrogens with zero attached hydrogens (tertiary/aromatic N) is 1. The van der Waals surface area contributed by atoms with Gasteiger partial charge < -0.3 is 14.8 Å². The molecule has 0 spiro atoms. The maximum absolute atomic E-state index is 12.3. The molecule has 1 saturated heterocycles. The Morgan fingerprint density at radius 3 is 2.50 bits per heavy atom. The Bertz CT molecular complexity index is 599. The molecule has 28 heavy (non-hydrogen) atoms. The number of para-hydroxylation sites is 2. The smallest absolute Gasteiger partial charge is 0.220 e. The van der Waals surface area contributed by atoms with Crippen LogP contribution in [0.2, 0.25) is 0 Å². The predicted octanol–water partition coefficient (Wildman–Crippen LogP) is 4.16. The summed E-state index contributed by atoms with van der Waals surface area (Å²) < 4.78 is 11.4. The molecular formula is C23H36N2O3. The molecule has 156 valence electrons. The Labute approximate surface area is 169 Å². The minimum absolute atomic E-state index is 0.148. The lowest BCUT2D eigenvalue weighted by atomic mass is 10.1. The van der Waals surface area contributed by atoms with Gasteiger partial charge in [0.05, 0.1) is 13.2 Å². The number of likely N-dealkylation sites (tertiary alicyclic amines) is 1. The van der Waals surface area contributed by atoms with Crippen LogP contribution in [0.5, 0.6) is 11.5 Å². The minimum Gasteiger partial charge on any atom is -0.490 e. The molecule has 0 radical (unpaired) electrons. The molecule has 0 aromatic heterocycles. The molecule has 5 nitrogen and oxygen atoms in total. The van der Waals surface area contributed by atoms with Crippen molar-refractivity contribution in [1.82, 2.24) is 10.2 Å². The first-order valence-electron chi connectivity index (χ1n) is 11.1. The third kappa shape index (κ3) is 6.40. The third-order valence-electron chi connectivity index (χ3n) is 5.88. The summed E-state index contributed by atoms with van der Waals surface area (Å²) in [6, 6.07) is 8.74. The number of ether oxygens (including phenoxy) is 2. The Hall–Kier alpha value is -1.75. The fourth-order valence-electron chi connectivity index (χ4n) is 4.42. The SMILES string of the molecule is CCOc1ccccc1OCCCC(=O)NC1CCN(C2CCCCCC2)C1. The van der Waals surface area contributed by atoms with Crippen molar-refractivity contribution < 1.29 is 14.3 Å². The van der Waals surface area contributed by atoms with Crippen molar-refractivity contribution in [2.75, 3.05) is 26.3 Å². The molecule has 1 amide bonds. The van der Waals surface area contributed by atoms with Crippen LogP contribution < -0.4 is 14.8 Å². The zero-order valence-corrected chi connectivity index (χ0v) is 17.3. The average Bonchev–Trinajstić information content (AvgIpc) is 2.99. The van der Waals surface area contributed by atoms with Crippen LogP contribution in [0.1, 0.15) is 64.7 Å². The van der Waals surface area contributed by atoms with Crippen LogP contribution >= 0.6 is 0 Å². The monoisotopic (exact) mass is 388 g/mol. The summed E-state index contributed by atoms with van der Waals surface area (Å²) in [7, 11) is 0. The first-order chi connectivity index (χ1) is 13.8. The van der Waals surface area contributed by atoms with Crippen LogP contribution in [0, 0.1) is 0 Å². The van der Waals surface area contributed by atoms with E-state index in [1.165, 1.54) is 38.5 Å². The number of rotatable bonds is 9. The number of hydrogen-bond donors (Lipinski definition) is 1. The zero-order valence-electron chi connectivity index (χ0n) is 17.3. The molecule has 1 N–H and O–H groups in total. The summed E-state index contributed by atoms with van der Waals surface area (Å²) in [6.45, 7) is 5.25. The van der Waals surface area contributed by atoms with Crippen LogP contribution in [0.4, 0.5) is 0 Å². The molecule has 1 saturated carbocycles. The summed E-state index contributed by atoms with van der Waals surface area (Å²) in [6.07, 6.45) is 10.5. The fourth-order valence-corrected chi connectivity index (χ4v) is 4.42. The molecular weight excluding hydrogens is 352 g/mol. The normalized spacial score (nSPS) is 21.2. The van der Waals surface area contributed by atoms with Gasteiger partial charge in [0.2, 0.25) is 5.91 Å². The van der Waals surface area contributed by atoms with Gasteiger partial charge in [-0.05, 0) is 44.7 Å². The summed E-state index contributed by atoms with van der Waals surface area (Å²) in [5.41, 5.74) is 0. The fraction of sp³-hybridized carbons (Fsp3) is 0.696. The molecule has 2 aliphatic rings. The van der Waals surface area contributed by atoms with Gasteiger partial charge >= 0.3 is 0 Å².